The van der Waals surface area contributed by atoms with E-state index in [0.717, 1.165) is 38.9 Å². The van der Waals surface area contributed by atoms with Gasteiger partial charge in [0, 0.05) is 30.2 Å². The summed E-state index contributed by atoms with van der Waals surface area (Å²) in [5.41, 5.74) is 0.334. The highest BCUT2D eigenvalue weighted by Gasteiger charge is 2.20. The zero-order valence-electron chi connectivity index (χ0n) is 12.0. The van der Waals surface area contributed by atoms with Gasteiger partial charge in [-0.1, -0.05) is 11.6 Å². The Hall–Kier alpha value is -1.44. The Morgan fingerprint density at radius 1 is 1.45 bits per heavy atom. The molecule has 1 unspecified atom stereocenters. The van der Waals surface area contributed by atoms with E-state index in [1.54, 1.807) is 0 Å². The first-order valence-electron chi connectivity index (χ1n) is 7.22. The molecular weight excluding hydrogens is 324 g/mol. The Morgan fingerprint density at radius 2 is 2.36 bits per heavy atom. The maximum Gasteiger partial charge on any atom is 0.273 e. The van der Waals surface area contributed by atoms with E-state index >= 15 is 0 Å². The highest BCUT2D eigenvalue weighted by Crippen LogP contribution is 2.21. The summed E-state index contributed by atoms with van der Waals surface area (Å²) in [6, 6.07) is 0.180. The smallest absolute Gasteiger partial charge is 0.273 e. The van der Waals surface area contributed by atoms with Gasteiger partial charge in [-0.25, -0.2) is 9.97 Å². The molecule has 0 radical (unpaired) electrons. The second-order valence-electron chi connectivity index (χ2n) is 5.33. The molecule has 1 fully saturated rings. The fraction of sp³-hybridized carbons (Fsp3) is 0.500. The molecule has 1 aliphatic rings. The fourth-order valence-electron chi connectivity index (χ4n) is 2.62. The van der Waals surface area contributed by atoms with Crippen LogP contribution in [0.1, 0.15) is 34.6 Å². The molecule has 8 heteroatoms. The lowest BCUT2D eigenvalue weighted by atomic mass is 10.1. The molecule has 1 aliphatic heterocycles. The third kappa shape index (κ3) is 4.06. The standard InChI is InChI=1S/C14H17ClN4O2S/c15-14-16-6-11(22-14)7-19-4-1-2-10(3-5-19)18-13(20)12-8-21-9-17-12/h6,8-10H,1-5,7H2,(H,18,20). The van der Waals surface area contributed by atoms with Gasteiger partial charge in [-0.05, 0) is 25.8 Å². The fourth-order valence-corrected chi connectivity index (χ4v) is 3.64. The highest BCUT2D eigenvalue weighted by atomic mass is 35.5. The van der Waals surface area contributed by atoms with Crippen molar-refractivity contribution in [3.63, 3.8) is 0 Å². The van der Waals surface area contributed by atoms with Gasteiger partial charge in [-0.3, -0.25) is 9.69 Å². The van der Waals surface area contributed by atoms with Gasteiger partial charge in [0.1, 0.15) is 6.26 Å². The highest BCUT2D eigenvalue weighted by molar-refractivity contribution is 7.15. The van der Waals surface area contributed by atoms with Crippen LogP contribution in [0, 0.1) is 0 Å². The van der Waals surface area contributed by atoms with E-state index in [9.17, 15) is 4.79 Å². The van der Waals surface area contributed by atoms with Crippen LogP contribution in [0.4, 0.5) is 0 Å². The summed E-state index contributed by atoms with van der Waals surface area (Å²) in [6.45, 7) is 2.83. The van der Waals surface area contributed by atoms with Gasteiger partial charge in [-0.15, -0.1) is 11.3 Å². The van der Waals surface area contributed by atoms with Gasteiger partial charge in [0.15, 0.2) is 16.6 Å². The SMILES string of the molecule is O=C(NC1CCCN(Cc2cnc(Cl)s2)CC1)c1cocn1. The first kappa shape index (κ1) is 15.5. The molecule has 3 rings (SSSR count). The van der Waals surface area contributed by atoms with E-state index in [4.69, 9.17) is 16.0 Å². The lowest BCUT2D eigenvalue weighted by Crippen LogP contribution is -2.35. The molecule has 1 saturated heterocycles. The third-order valence-electron chi connectivity index (χ3n) is 3.73. The second-order valence-corrected chi connectivity index (χ2v) is 7.03. The summed E-state index contributed by atoms with van der Waals surface area (Å²) in [4.78, 5) is 23.5. The summed E-state index contributed by atoms with van der Waals surface area (Å²) in [5, 5.41) is 3.03. The number of nitrogens with zero attached hydrogens (tertiary/aromatic N) is 3. The molecule has 0 spiro atoms. The van der Waals surface area contributed by atoms with Crippen LogP contribution < -0.4 is 5.32 Å². The maximum atomic E-state index is 12.0. The first-order valence-corrected chi connectivity index (χ1v) is 8.42. The zero-order valence-corrected chi connectivity index (χ0v) is 13.6. The Balaban J connectivity index is 1.50. The Kier molecular flexibility index (Phi) is 5.07. The van der Waals surface area contributed by atoms with E-state index in [2.05, 4.69) is 20.2 Å². The Labute approximate surface area is 137 Å². The normalized spacial score (nSPS) is 19.8. The van der Waals surface area contributed by atoms with Crippen LogP contribution in [0.5, 0.6) is 0 Å². The molecule has 0 saturated carbocycles. The van der Waals surface area contributed by atoms with Crippen molar-refractivity contribution < 1.29 is 9.21 Å². The predicted octanol–water partition coefficient (Wildman–Crippen LogP) is 2.57. The Bertz CT molecular complexity index is 616. The van der Waals surface area contributed by atoms with Gasteiger partial charge in [0.25, 0.3) is 5.91 Å². The summed E-state index contributed by atoms with van der Waals surface area (Å²) in [7, 11) is 0. The number of oxazole rings is 1. The van der Waals surface area contributed by atoms with Crippen molar-refractivity contribution in [2.45, 2.75) is 31.8 Å². The van der Waals surface area contributed by atoms with Gasteiger partial charge < -0.3 is 9.73 Å². The van der Waals surface area contributed by atoms with E-state index in [1.165, 1.54) is 28.9 Å². The predicted molar refractivity (Wildman–Crippen MR) is 84.0 cm³/mol. The van der Waals surface area contributed by atoms with Gasteiger partial charge in [-0.2, -0.15) is 0 Å². The van der Waals surface area contributed by atoms with Crippen molar-refractivity contribution in [3.8, 4) is 0 Å². The van der Waals surface area contributed by atoms with Crippen molar-refractivity contribution in [1.82, 2.24) is 20.2 Å². The van der Waals surface area contributed by atoms with E-state index in [-0.39, 0.29) is 11.9 Å². The number of thiazole rings is 1. The lowest BCUT2D eigenvalue weighted by Gasteiger charge is -2.19. The molecular formula is C14H17ClN4O2S. The number of halogens is 1. The quantitative estimate of drug-likeness (QED) is 0.926. The monoisotopic (exact) mass is 340 g/mol. The van der Waals surface area contributed by atoms with Crippen LogP contribution in [-0.2, 0) is 6.54 Å². The number of carbonyl (C=O) groups is 1. The summed E-state index contributed by atoms with van der Waals surface area (Å²) in [6.07, 6.45) is 7.42. The number of carbonyl (C=O) groups excluding carboxylic acids is 1. The minimum absolute atomic E-state index is 0.165. The number of nitrogens with one attached hydrogen (secondary N) is 1. The van der Waals surface area contributed by atoms with Gasteiger partial charge in [0.05, 0.1) is 0 Å². The molecule has 22 heavy (non-hydrogen) atoms. The molecule has 0 bridgehead atoms. The lowest BCUT2D eigenvalue weighted by molar-refractivity contribution is 0.0928. The average Bonchev–Trinajstić information content (AvgIpc) is 3.11. The number of hydrogen-bond acceptors (Lipinski definition) is 6. The number of likely N-dealkylation sites (tertiary alicyclic amines) is 1. The van der Waals surface area contributed by atoms with Crippen molar-refractivity contribution in [3.05, 3.63) is 33.9 Å². The number of amides is 1. The molecule has 1 N–H and O–H groups in total. The van der Waals surface area contributed by atoms with E-state index < -0.39 is 0 Å². The zero-order chi connectivity index (χ0) is 15.4. The second kappa shape index (κ2) is 7.21. The largest absolute Gasteiger partial charge is 0.451 e. The molecule has 3 heterocycles. The maximum absolute atomic E-state index is 12.0. The van der Waals surface area contributed by atoms with Crippen molar-refractivity contribution in [2.24, 2.45) is 0 Å². The summed E-state index contributed by atoms with van der Waals surface area (Å²) >= 11 is 7.39. The van der Waals surface area contributed by atoms with Crippen molar-refractivity contribution >= 4 is 28.8 Å². The molecule has 1 atom stereocenters. The van der Waals surface area contributed by atoms with Crippen molar-refractivity contribution in [2.75, 3.05) is 13.1 Å². The van der Waals surface area contributed by atoms with Crippen LogP contribution in [0.25, 0.3) is 0 Å². The average molecular weight is 341 g/mol. The number of hydrogen-bond donors (Lipinski definition) is 1. The van der Waals surface area contributed by atoms with Crippen LogP contribution in [0.2, 0.25) is 4.47 Å². The molecule has 118 valence electrons. The van der Waals surface area contributed by atoms with Crippen LogP contribution >= 0.6 is 22.9 Å². The molecule has 2 aromatic rings. The van der Waals surface area contributed by atoms with Crippen LogP contribution in [-0.4, -0.2) is 39.9 Å². The minimum Gasteiger partial charge on any atom is -0.451 e. The first-order chi connectivity index (χ1) is 10.7. The number of rotatable bonds is 4. The topological polar surface area (TPSA) is 71.3 Å². The molecule has 6 nitrogen and oxygen atoms in total. The van der Waals surface area contributed by atoms with E-state index in [0.29, 0.717) is 10.2 Å². The molecule has 0 aliphatic carbocycles. The van der Waals surface area contributed by atoms with Crippen molar-refractivity contribution in [1.29, 1.82) is 0 Å². The molecule has 0 aromatic carbocycles. The minimum atomic E-state index is -0.165. The van der Waals surface area contributed by atoms with E-state index in [1.807, 2.05) is 6.20 Å². The Morgan fingerprint density at radius 3 is 3.09 bits per heavy atom. The summed E-state index contributed by atoms with van der Waals surface area (Å²) in [5.74, 6) is -0.165. The summed E-state index contributed by atoms with van der Waals surface area (Å²) < 4.78 is 5.42. The third-order valence-corrected chi connectivity index (χ3v) is 4.83. The number of aromatic nitrogens is 2. The van der Waals surface area contributed by atoms with Gasteiger partial charge >= 0.3 is 0 Å². The van der Waals surface area contributed by atoms with Gasteiger partial charge in [0.2, 0.25) is 0 Å². The molecule has 2 aromatic heterocycles. The molecule has 1 amide bonds. The van der Waals surface area contributed by atoms with Crippen LogP contribution in [0.3, 0.4) is 0 Å². The van der Waals surface area contributed by atoms with Crippen LogP contribution in [0.15, 0.2) is 23.3 Å².